The van der Waals surface area contributed by atoms with Crippen molar-refractivity contribution in [2.24, 2.45) is 5.10 Å². The van der Waals surface area contributed by atoms with E-state index in [0.717, 1.165) is 0 Å². The molecule has 0 bridgehead atoms. The van der Waals surface area contributed by atoms with Crippen molar-refractivity contribution in [3.05, 3.63) is 53.6 Å². The third-order valence-electron chi connectivity index (χ3n) is 2.71. The van der Waals surface area contributed by atoms with Gasteiger partial charge in [-0.2, -0.15) is 5.10 Å². The number of carbonyl (C=O) groups excluding carboxylic acids is 1. The van der Waals surface area contributed by atoms with Gasteiger partial charge in [0.25, 0.3) is 5.91 Å². The van der Waals surface area contributed by atoms with Crippen LogP contribution < -0.4 is 10.2 Å². The molecule has 1 amide bonds. The molecule has 2 aromatic carbocycles. The molecule has 21 heavy (non-hydrogen) atoms. The summed E-state index contributed by atoms with van der Waals surface area (Å²) < 4.78 is 4.93. The van der Waals surface area contributed by atoms with E-state index in [2.05, 4.69) is 10.5 Å². The van der Waals surface area contributed by atoms with Gasteiger partial charge in [-0.15, -0.1) is 0 Å². The Labute approximate surface area is 121 Å². The SMILES string of the molecule is COc1ccc(/C=N\NC(=O)c2ccc(O)cc2)cc1O. The van der Waals surface area contributed by atoms with E-state index in [1.54, 1.807) is 12.1 Å². The molecule has 0 aromatic heterocycles. The average Bonchev–Trinajstić information content (AvgIpc) is 2.48. The number of phenols is 2. The van der Waals surface area contributed by atoms with Gasteiger partial charge in [0.05, 0.1) is 13.3 Å². The van der Waals surface area contributed by atoms with Gasteiger partial charge in [0.15, 0.2) is 11.5 Å². The van der Waals surface area contributed by atoms with Gasteiger partial charge in [-0.3, -0.25) is 4.79 Å². The summed E-state index contributed by atoms with van der Waals surface area (Å²) >= 11 is 0. The smallest absolute Gasteiger partial charge is 0.271 e. The number of nitrogens with one attached hydrogen (secondary N) is 1. The summed E-state index contributed by atoms with van der Waals surface area (Å²) in [5.41, 5.74) is 3.34. The zero-order valence-electron chi connectivity index (χ0n) is 11.3. The van der Waals surface area contributed by atoms with Crippen LogP contribution in [0.2, 0.25) is 0 Å². The zero-order chi connectivity index (χ0) is 15.2. The summed E-state index contributed by atoms with van der Waals surface area (Å²) in [5, 5.41) is 22.5. The minimum absolute atomic E-state index is 0.00805. The summed E-state index contributed by atoms with van der Waals surface area (Å²) in [6, 6.07) is 10.6. The van der Waals surface area contributed by atoms with E-state index in [0.29, 0.717) is 16.9 Å². The van der Waals surface area contributed by atoms with Gasteiger partial charge in [-0.1, -0.05) is 0 Å². The Morgan fingerprint density at radius 1 is 1.19 bits per heavy atom. The van der Waals surface area contributed by atoms with E-state index in [4.69, 9.17) is 9.84 Å². The largest absolute Gasteiger partial charge is 0.508 e. The first-order valence-electron chi connectivity index (χ1n) is 6.09. The van der Waals surface area contributed by atoms with E-state index in [9.17, 15) is 9.90 Å². The van der Waals surface area contributed by atoms with Crippen molar-refractivity contribution in [2.45, 2.75) is 0 Å². The molecule has 0 atom stereocenters. The number of benzene rings is 2. The fraction of sp³-hybridized carbons (Fsp3) is 0.0667. The number of hydrogen-bond acceptors (Lipinski definition) is 5. The van der Waals surface area contributed by atoms with E-state index in [1.807, 2.05) is 0 Å². The number of ether oxygens (including phenoxy) is 1. The second-order valence-corrected chi connectivity index (χ2v) is 4.18. The summed E-state index contributed by atoms with van der Waals surface area (Å²) in [6.45, 7) is 0. The van der Waals surface area contributed by atoms with Crippen molar-refractivity contribution in [1.82, 2.24) is 5.43 Å². The third kappa shape index (κ3) is 3.73. The van der Waals surface area contributed by atoms with Crippen molar-refractivity contribution in [1.29, 1.82) is 0 Å². The third-order valence-corrected chi connectivity index (χ3v) is 2.71. The van der Waals surface area contributed by atoms with Crippen molar-refractivity contribution < 1.29 is 19.7 Å². The van der Waals surface area contributed by atoms with Crippen LogP contribution >= 0.6 is 0 Å². The average molecular weight is 286 g/mol. The predicted octanol–water partition coefficient (Wildman–Crippen LogP) is 1.87. The monoisotopic (exact) mass is 286 g/mol. The highest BCUT2D eigenvalue weighted by Crippen LogP contribution is 2.25. The van der Waals surface area contributed by atoms with Crippen molar-refractivity contribution >= 4 is 12.1 Å². The number of rotatable bonds is 4. The fourth-order valence-corrected chi connectivity index (χ4v) is 1.63. The number of hydrazone groups is 1. The van der Waals surface area contributed by atoms with Crippen LogP contribution in [0.25, 0.3) is 0 Å². The number of aromatic hydroxyl groups is 2. The molecule has 0 unspecified atom stereocenters. The van der Waals surface area contributed by atoms with Gasteiger partial charge >= 0.3 is 0 Å². The maximum atomic E-state index is 11.7. The highest BCUT2D eigenvalue weighted by atomic mass is 16.5. The number of phenolic OH excluding ortho intramolecular Hbond substituents is 2. The van der Waals surface area contributed by atoms with Crippen LogP contribution in [-0.2, 0) is 0 Å². The highest BCUT2D eigenvalue weighted by molar-refractivity contribution is 5.95. The van der Waals surface area contributed by atoms with E-state index >= 15 is 0 Å². The molecule has 0 saturated carbocycles. The number of carbonyl (C=O) groups is 1. The molecule has 2 aromatic rings. The summed E-state index contributed by atoms with van der Waals surface area (Å²) in [6.07, 6.45) is 1.40. The van der Waals surface area contributed by atoms with Gasteiger partial charge < -0.3 is 14.9 Å². The standard InChI is InChI=1S/C15H14N2O4/c1-21-14-7-2-10(8-13(14)19)9-16-17-15(20)11-3-5-12(18)6-4-11/h2-9,18-19H,1H3,(H,17,20)/b16-9-. The van der Waals surface area contributed by atoms with E-state index in [1.165, 1.54) is 43.7 Å². The lowest BCUT2D eigenvalue weighted by molar-refractivity contribution is 0.0955. The molecular weight excluding hydrogens is 272 g/mol. The summed E-state index contributed by atoms with van der Waals surface area (Å²) in [4.78, 5) is 11.7. The molecule has 108 valence electrons. The van der Waals surface area contributed by atoms with Gasteiger partial charge in [0.2, 0.25) is 0 Å². The molecule has 0 aliphatic carbocycles. The lowest BCUT2D eigenvalue weighted by atomic mass is 10.2. The Kier molecular flexibility index (Phi) is 4.40. The van der Waals surface area contributed by atoms with Crippen LogP contribution in [0, 0.1) is 0 Å². The first-order chi connectivity index (χ1) is 10.1. The van der Waals surface area contributed by atoms with Crippen molar-refractivity contribution in [3.8, 4) is 17.2 Å². The number of methoxy groups -OCH3 is 1. The normalized spacial score (nSPS) is 10.5. The molecule has 0 radical (unpaired) electrons. The van der Waals surface area contributed by atoms with Crippen LogP contribution in [-0.4, -0.2) is 29.4 Å². The van der Waals surface area contributed by atoms with Gasteiger partial charge in [0.1, 0.15) is 5.75 Å². The summed E-state index contributed by atoms with van der Waals surface area (Å²) in [5.74, 6) is 0.0410. The molecule has 0 saturated heterocycles. The lowest BCUT2D eigenvalue weighted by Crippen LogP contribution is -2.17. The predicted molar refractivity (Wildman–Crippen MR) is 77.8 cm³/mol. The molecular formula is C15H14N2O4. The highest BCUT2D eigenvalue weighted by Gasteiger charge is 2.04. The number of hydrogen-bond donors (Lipinski definition) is 3. The Hall–Kier alpha value is -3.02. The summed E-state index contributed by atoms with van der Waals surface area (Å²) in [7, 11) is 1.46. The molecule has 6 nitrogen and oxygen atoms in total. The maximum absolute atomic E-state index is 11.7. The molecule has 0 aliphatic rings. The Bertz CT molecular complexity index is 666. The quantitative estimate of drug-likeness (QED) is 0.591. The van der Waals surface area contributed by atoms with Crippen molar-refractivity contribution in [2.75, 3.05) is 7.11 Å². The first kappa shape index (κ1) is 14.4. The Morgan fingerprint density at radius 2 is 1.90 bits per heavy atom. The number of amides is 1. The minimum atomic E-state index is -0.399. The van der Waals surface area contributed by atoms with Crippen LogP contribution in [0.4, 0.5) is 0 Å². The van der Waals surface area contributed by atoms with Crippen LogP contribution in [0.3, 0.4) is 0 Å². The molecule has 2 rings (SSSR count). The van der Waals surface area contributed by atoms with Crippen molar-refractivity contribution in [3.63, 3.8) is 0 Å². The molecule has 6 heteroatoms. The maximum Gasteiger partial charge on any atom is 0.271 e. The second-order valence-electron chi connectivity index (χ2n) is 4.18. The van der Waals surface area contributed by atoms with E-state index in [-0.39, 0.29) is 11.5 Å². The topological polar surface area (TPSA) is 91.2 Å². The zero-order valence-corrected chi connectivity index (χ0v) is 11.3. The Balaban J connectivity index is 2.00. The molecule has 0 spiro atoms. The van der Waals surface area contributed by atoms with Crippen LogP contribution in [0.5, 0.6) is 17.2 Å². The molecule has 0 fully saturated rings. The first-order valence-corrected chi connectivity index (χ1v) is 6.09. The second kappa shape index (κ2) is 6.42. The van der Waals surface area contributed by atoms with Gasteiger partial charge in [-0.05, 0) is 48.0 Å². The number of nitrogens with zero attached hydrogens (tertiary/aromatic N) is 1. The van der Waals surface area contributed by atoms with Gasteiger partial charge in [-0.25, -0.2) is 5.43 Å². The Morgan fingerprint density at radius 3 is 2.52 bits per heavy atom. The fourth-order valence-electron chi connectivity index (χ4n) is 1.63. The van der Waals surface area contributed by atoms with Gasteiger partial charge in [0, 0.05) is 5.56 Å². The lowest BCUT2D eigenvalue weighted by Gasteiger charge is -2.03. The van der Waals surface area contributed by atoms with Crippen LogP contribution in [0.1, 0.15) is 15.9 Å². The molecule has 0 aliphatic heterocycles. The molecule has 3 N–H and O–H groups in total. The minimum Gasteiger partial charge on any atom is -0.508 e. The van der Waals surface area contributed by atoms with Crippen LogP contribution in [0.15, 0.2) is 47.6 Å². The molecule has 0 heterocycles. The van der Waals surface area contributed by atoms with E-state index < -0.39 is 5.91 Å².